The van der Waals surface area contributed by atoms with Crippen LogP contribution in [-0.4, -0.2) is 41.6 Å². The predicted molar refractivity (Wildman–Crippen MR) is 114 cm³/mol. The number of hydrogen-bond donors (Lipinski definition) is 1. The molecular weight excluding hydrogens is 398 g/mol. The van der Waals surface area contributed by atoms with Gasteiger partial charge in [0.05, 0.1) is 5.41 Å². The number of benzene rings is 2. The minimum absolute atomic E-state index is 0.174. The van der Waals surface area contributed by atoms with Gasteiger partial charge in [-0.3, -0.25) is 9.59 Å². The number of fused-ring (bicyclic) bond motifs is 1. The topological polar surface area (TPSA) is 97.0 Å². The van der Waals surface area contributed by atoms with E-state index < -0.39 is 17.0 Å². The molecule has 1 fully saturated rings. The van der Waals surface area contributed by atoms with Crippen LogP contribution in [0.2, 0.25) is 0 Å². The lowest BCUT2D eigenvalue weighted by molar-refractivity contribution is -0.148. The predicted octanol–water partition coefficient (Wildman–Crippen LogP) is 3.13. The Balaban J connectivity index is 1.41. The van der Waals surface area contributed by atoms with Gasteiger partial charge < -0.3 is 19.2 Å². The highest BCUT2D eigenvalue weighted by molar-refractivity contribution is 5.83. The van der Waals surface area contributed by atoms with Crippen LogP contribution in [0.5, 0.6) is 5.75 Å². The van der Waals surface area contributed by atoms with E-state index in [1.807, 2.05) is 37.3 Å². The molecule has 1 N–H and O–H groups in total. The molecule has 0 atom stereocenters. The van der Waals surface area contributed by atoms with Crippen LogP contribution >= 0.6 is 0 Å². The molecule has 7 nitrogen and oxygen atoms in total. The standard InChI is InChI=1S/C24H23NO6/c1-16-13-22(27)31-20-14-18(7-8-19(16)20)30-15-21(26)25-11-9-24(10-12-25,23(28)29)17-5-3-2-4-6-17/h2-8,13-14H,9-12,15H2,1H3,(H,28,29). The number of hydrogen-bond acceptors (Lipinski definition) is 5. The molecule has 160 valence electrons. The Morgan fingerprint density at radius 3 is 2.48 bits per heavy atom. The highest BCUT2D eigenvalue weighted by Gasteiger charge is 2.43. The van der Waals surface area contributed by atoms with Crippen molar-refractivity contribution in [2.24, 2.45) is 0 Å². The summed E-state index contributed by atoms with van der Waals surface area (Å²) in [5, 5.41) is 10.7. The number of amides is 1. The second-order valence-corrected chi connectivity index (χ2v) is 7.83. The number of aryl methyl sites for hydroxylation is 1. The quantitative estimate of drug-likeness (QED) is 0.636. The molecule has 0 saturated carbocycles. The van der Waals surface area contributed by atoms with Crippen molar-refractivity contribution in [3.8, 4) is 5.75 Å². The van der Waals surface area contributed by atoms with Gasteiger partial charge in [-0.2, -0.15) is 0 Å². The zero-order chi connectivity index (χ0) is 22.0. The van der Waals surface area contributed by atoms with Gasteiger partial charge in [0, 0.05) is 30.6 Å². The van der Waals surface area contributed by atoms with Gasteiger partial charge in [-0.15, -0.1) is 0 Å². The number of aliphatic carboxylic acids is 1. The number of piperidine rings is 1. The average Bonchev–Trinajstić information content (AvgIpc) is 2.77. The molecule has 31 heavy (non-hydrogen) atoms. The fourth-order valence-electron chi connectivity index (χ4n) is 4.15. The molecule has 7 heteroatoms. The lowest BCUT2D eigenvalue weighted by atomic mass is 9.73. The molecule has 2 heterocycles. The normalized spacial score (nSPS) is 15.6. The third-order valence-corrected chi connectivity index (χ3v) is 5.99. The number of rotatable bonds is 5. The van der Waals surface area contributed by atoms with E-state index in [1.165, 1.54) is 6.07 Å². The largest absolute Gasteiger partial charge is 0.484 e. The maximum atomic E-state index is 12.6. The Morgan fingerprint density at radius 2 is 1.81 bits per heavy atom. The van der Waals surface area contributed by atoms with Crippen molar-refractivity contribution >= 4 is 22.8 Å². The Kier molecular flexibility index (Phi) is 5.50. The molecule has 0 bridgehead atoms. The maximum Gasteiger partial charge on any atom is 0.336 e. The van der Waals surface area contributed by atoms with Crippen LogP contribution in [0.15, 0.2) is 63.8 Å². The van der Waals surface area contributed by atoms with Crippen molar-refractivity contribution in [2.45, 2.75) is 25.2 Å². The summed E-state index contributed by atoms with van der Waals surface area (Å²) < 4.78 is 10.8. The van der Waals surface area contributed by atoms with E-state index >= 15 is 0 Å². The summed E-state index contributed by atoms with van der Waals surface area (Å²) >= 11 is 0. The van der Waals surface area contributed by atoms with Crippen LogP contribution in [0.1, 0.15) is 24.0 Å². The molecule has 1 amide bonds. The van der Waals surface area contributed by atoms with Crippen molar-refractivity contribution in [3.63, 3.8) is 0 Å². The summed E-state index contributed by atoms with van der Waals surface area (Å²) in [6.45, 7) is 2.34. The number of carboxylic acid groups (broad SMARTS) is 1. The van der Waals surface area contributed by atoms with Gasteiger partial charge in [0.2, 0.25) is 0 Å². The van der Waals surface area contributed by atoms with Crippen molar-refractivity contribution in [1.82, 2.24) is 4.90 Å². The van der Waals surface area contributed by atoms with Crippen LogP contribution in [-0.2, 0) is 15.0 Å². The third kappa shape index (κ3) is 4.03. The average molecular weight is 421 g/mol. The van der Waals surface area contributed by atoms with Gasteiger partial charge in [0.1, 0.15) is 11.3 Å². The van der Waals surface area contributed by atoms with Crippen LogP contribution < -0.4 is 10.4 Å². The molecule has 0 spiro atoms. The fourth-order valence-corrected chi connectivity index (χ4v) is 4.15. The van der Waals surface area contributed by atoms with Crippen LogP contribution in [0.25, 0.3) is 11.0 Å². The lowest BCUT2D eigenvalue weighted by Crippen LogP contribution is -2.50. The molecule has 2 aromatic carbocycles. The lowest BCUT2D eigenvalue weighted by Gasteiger charge is -2.39. The first kappa shape index (κ1) is 20.7. The molecule has 0 unspecified atom stereocenters. The van der Waals surface area contributed by atoms with E-state index in [-0.39, 0.29) is 12.5 Å². The molecule has 1 aliphatic rings. The summed E-state index contributed by atoms with van der Waals surface area (Å²) in [4.78, 5) is 37.9. The second kappa shape index (κ2) is 8.26. The molecule has 4 rings (SSSR count). The monoisotopic (exact) mass is 421 g/mol. The van der Waals surface area contributed by atoms with Gasteiger partial charge >= 0.3 is 11.6 Å². The third-order valence-electron chi connectivity index (χ3n) is 5.99. The van der Waals surface area contributed by atoms with E-state index in [9.17, 15) is 19.5 Å². The first-order chi connectivity index (χ1) is 14.9. The minimum atomic E-state index is -0.980. The van der Waals surface area contributed by atoms with E-state index in [4.69, 9.17) is 9.15 Å². The first-order valence-corrected chi connectivity index (χ1v) is 10.1. The Labute approximate surface area is 178 Å². The van der Waals surface area contributed by atoms with Crippen LogP contribution in [0.4, 0.5) is 0 Å². The molecule has 1 aromatic heterocycles. The number of carbonyl (C=O) groups is 2. The van der Waals surface area contributed by atoms with Gasteiger partial charge in [-0.05, 0) is 43.0 Å². The van der Waals surface area contributed by atoms with Gasteiger partial charge in [0.15, 0.2) is 6.61 Å². The summed E-state index contributed by atoms with van der Waals surface area (Å²) in [6, 6.07) is 15.7. The van der Waals surface area contributed by atoms with Crippen molar-refractivity contribution in [2.75, 3.05) is 19.7 Å². The molecule has 1 aliphatic heterocycles. The molecule has 1 saturated heterocycles. The Bertz CT molecular complexity index is 1180. The summed E-state index contributed by atoms with van der Waals surface area (Å²) in [5.41, 5.74) is 0.558. The van der Waals surface area contributed by atoms with E-state index in [2.05, 4.69) is 0 Å². The molecule has 0 aliphatic carbocycles. The number of likely N-dealkylation sites (tertiary alicyclic amines) is 1. The van der Waals surface area contributed by atoms with E-state index in [0.29, 0.717) is 37.3 Å². The number of carbonyl (C=O) groups excluding carboxylic acids is 1. The highest BCUT2D eigenvalue weighted by Crippen LogP contribution is 2.36. The SMILES string of the molecule is Cc1cc(=O)oc2cc(OCC(=O)N3CCC(C(=O)O)(c4ccccc4)CC3)ccc12. The Morgan fingerprint density at radius 1 is 1.10 bits per heavy atom. The van der Waals surface area contributed by atoms with Gasteiger partial charge in [-0.25, -0.2) is 4.79 Å². The van der Waals surface area contributed by atoms with E-state index in [1.54, 1.807) is 23.1 Å². The smallest absolute Gasteiger partial charge is 0.336 e. The van der Waals surface area contributed by atoms with Gasteiger partial charge in [0.25, 0.3) is 5.91 Å². The summed E-state index contributed by atoms with van der Waals surface area (Å²) in [7, 11) is 0. The molecule has 0 radical (unpaired) electrons. The number of ether oxygens (including phenoxy) is 1. The maximum absolute atomic E-state index is 12.6. The Hall–Kier alpha value is -3.61. The summed E-state index contributed by atoms with van der Waals surface area (Å²) in [5.74, 6) is -0.649. The zero-order valence-electron chi connectivity index (χ0n) is 17.2. The van der Waals surface area contributed by atoms with Crippen LogP contribution in [0, 0.1) is 6.92 Å². The molecule has 3 aromatic rings. The number of nitrogens with zero attached hydrogens (tertiary/aromatic N) is 1. The van der Waals surface area contributed by atoms with E-state index in [0.717, 1.165) is 16.5 Å². The van der Waals surface area contributed by atoms with Crippen LogP contribution in [0.3, 0.4) is 0 Å². The zero-order valence-corrected chi connectivity index (χ0v) is 17.2. The molecular formula is C24H23NO6. The van der Waals surface area contributed by atoms with Crippen molar-refractivity contribution in [3.05, 3.63) is 76.1 Å². The van der Waals surface area contributed by atoms with Crippen molar-refractivity contribution in [1.29, 1.82) is 0 Å². The number of carboxylic acids is 1. The summed E-state index contributed by atoms with van der Waals surface area (Å²) in [6.07, 6.45) is 0.691. The van der Waals surface area contributed by atoms with Crippen molar-refractivity contribution < 1.29 is 23.8 Å². The van der Waals surface area contributed by atoms with Gasteiger partial charge in [-0.1, -0.05) is 30.3 Å². The second-order valence-electron chi connectivity index (χ2n) is 7.83. The minimum Gasteiger partial charge on any atom is -0.484 e. The fraction of sp³-hybridized carbons (Fsp3) is 0.292. The first-order valence-electron chi connectivity index (χ1n) is 10.1. The highest BCUT2D eigenvalue weighted by atomic mass is 16.5.